The summed E-state index contributed by atoms with van der Waals surface area (Å²) in [5.41, 5.74) is 0. The Morgan fingerprint density at radius 1 is 1.30 bits per heavy atom. The average molecular weight is 286 g/mol. The molecule has 1 aliphatic carbocycles. The van der Waals surface area contributed by atoms with Crippen LogP contribution in [0.3, 0.4) is 0 Å². The van der Waals surface area contributed by atoms with Crippen molar-refractivity contribution in [2.24, 2.45) is 5.92 Å². The summed E-state index contributed by atoms with van der Waals surface area (Å²) in [5.74, 6) is -1.78. The van der Waals surface area contributed by atoms with Crippen LogP contribution in [0.5, 0.6) is 0 Å². The molecule has 114 valence electrons. The average Bonchev–Trinajstić information content (AvgIpc) is 2.44. The van der Waals surface area contributed by atoms with Crippen LogP contribution in [0.1, 0.15) is 32.1 Å². The van der Waals surface area contributed by atoms with Gasteiger partial charge in [0.1, 0.15) is 0 Å². The third kappa shape index (κ3) is 4.71. The van der Waals surface area contributed by atoms with Gasteiger partial charge in [-0.25, -0.2) is 4.79 Å². The molecule has 0 aromatic rings. The van der Waals surface area contributed by atoms with Gasteiger partial charge in [0.25, 0.3) is 0 Å². The minimum absolute atomic E-state index is 0.118. The van der Waals surface area contributed by atoms with Gasteiger partial charge in [-0.15, -0.1) is 0 Å². The molecule has 7 nitrogen and oxygen atoms in total. The lowest BCUT2D eigenvalue weighted by Crippen LogP contribution is -2.49. The molecule has 2 unspecified atom stereocenters. The molecule has 0 heterocycles. The molecule has 0 saturated heterocycles. The second-order valence-electron chi connectivity index (χ2n) is 5.03. The van der Waals surface area contributed by atoms with Gasteiger partial charge in [0, 0.05) is 19.6 Å². The number of hydrogen-bond donors (Lipinski definition) is 2. The van der Waals surface area contributed by atoms with Gasteiger partial charge in [0.05, 0.1) is 19.4 Å². The van der Waals surface area contributed by atoms with E-state index >= 15 is 0 Å². The summed E-state index contributed by atoms with van der Waals surface area (Å²) in [6.45, 7) is 0.239. The molecule has 0 aromatic heterocycles. The number of rotatable bonds is 5. The largest absolute Gasteiger partial charge is 0.481 e. The van der Waals surface area contributed by atoms with Gasteiger partial charge >= 0.3 is 18.0 Å². The van der Waals surface area contributed by atoms with Gasteiger partial charge in [-0.1, -0.05) is 12.8 Å². The molecule has 1 saturated carbocycles. The van der Waals surface area contributed by atoms with E-state index in [1.807, 2.05) is 0 Å². The zero-order valence-corrected chi connectivity index (χ0v) is 11.9. The molecule has 0 bridgehead atoms. The minimum Gasteiger partial charge on any atom is -0.481 e. The van der Waals surface area contributed by atoms with E-state index in [0.29, 0.717) is 12.8 Å². The Morgan fingerprint density at radius 2 is 1.95 bits per heavy atom. The number of nitrogens with zero attached hydrogens (tertiary/aromatic N) is 1. The molecule has 20 heavy (non-hydrogen) atoms. The highest BCUT2D eigenvalue weighted by Gasteiger charge is 2.32. The molecule has 7 heteroatoms. The number of ether oxygens (including phenoxy) is 1. The van der Waals surface area contributed by atoms with Gasteiger partial charge in [-0.05, 0) is 12.8 Å². The van der Waals surface area contributed by atoms with E-state index in [1.54, 1.807) is 7.05 Å². The van der Waals surface area contributed by atoms with Gasteiger partial charge < -0.3 is 20.1 Å². The smallest absolute Gasteiger partial charge is 0.317 e. The Morgan fingerprint density at radius 3 is 2.55 bits per heavy atom. The number of hydrogen-bond acceptors (Lipinski definition) is 4. The van der Waals surface area contributed by atoms with Crippen LogP contribution in [0.4, 0.5) is 4.79 Å². The van der Waals surface area contributed by atoms with Crippen LogP contribution in [0.2, 0.25) is 0 Å². The van der Waals surface area contributed by atoms with E-state index in [0.717, 1.165) is 12.8 Å². The van der Waals surface area contributed by atoms with Gasteiger partial charge in [-0.3, -0.25) is 9.59 Å². The third-order valence-electron chi connectivity index (χ3n) is 3.62. The summed E-state index contributed by atoms with van der Waals surface area (Å²) in [6, 6.07) is -0.693. The first kappa shape index (κ1) is 16.3. The number of amides is 2. The maximum atomic E-state index is 12.0. The molecule has 1 aliphatic rings. The minimum atomic E-state index is -0.868. The van der Waals surface area contributed by atoms with Crippen LogP contribution in [-0.2, 0) is 14.3 Å². The number of carbonyl (C=O) groups is 3. The Balaban J connectivity index is 2.46. The van der Waals surface area contributed by atoms with Crippen LogP contribution < -0.4 is 5.32 Å². The summed E-state index contributed by atoms with van der Waals surface area (Å²) in [4.78, 5) is 35.5. The Kier molecular flexibility index (Phi) is 6.27. The van der Waals surface area contributed by atoms with E-state index in [-0.39, 0.29) is 31.0 Å². The second-order valence-corrected chi connectivity index (χ2v) is 5.03. The zero-order valence-electron chi connectivity index (χ0n) is 11.9. The van der Waals surface area contributed by atoms with Gasteiger partial charge in [0.15, 0.2) is 0 Å². The Hall–Kier alpha value is -1.79. The molecule has 1 fully saturated rings. The molecule has 0 aromatic carbocycles. The standard InChI is InChI=1S/C13H22N2O5/c1-15(8-7-11(16)20-2)13(19)14-10-6-4-3-5-9(10)12(17)18/h9-10H,3-8H2,1-2H3,(H,14,19)(H,17,18). The van der Waals surface area contributed by atoms with Crippen molar-refractivity contribution in [3.8, 4) is 0 Å². The molecular formula is C13H22N2O5. The number of urea groups is 1. The quantitative estimate of drug-likeness (QED) is 0.730. The van der Waals surface area contributed by atoms with Crippen molar-refractivity contribution in [3.63, 3.8) is 0 Å². The number of methoxy groups -OCH3 is 1. The topological polar surface area (TPSA) is 95.9 Å². The normalized spacial score (nSPS) is 21.9. The molecule has 2 amide bonds. The molecule has 0 radical (unpaired) electrons. The van der Waals surface area contributed by atoms with E-state index in [9.17, 15) is 14.4 Å². The van der Waals surface area contributed by atoms with Gasteiger partial charge in [0.2, 0.25) is 0 Å². The van der Waals surface area contributed by atoms with Crippen molar-refractivity contribution in [3.05, 3.63) is 0 Å². The number of nitrogens with one attached hydrogen (secondary N) is 1. The van der Waals surface area contributed by atoms with Crippen molar-refractivity contribution in [1.82, 2.24) is 10.2 Å². The van der Waals surface area contributed by atoms with E-state index in [1.165, 1.54) is 12.0 Å². The number of esters is 1. The maximum absolute atomic E-state index is 12.0. The zero-order chi connectivity index (χ0) is 15.1. The van der Waals surface area contributed by atoms with Crippen molar-refractivity contribution in [1.29, 1.82) is 0 Å². The monoisotopic (exact) mass is 286 g/mol. The summed E-state index contributed by atoms with van der Waals surface area (Å²) in [5, 5.41) is 11.9. The molecule has 0 aliphatic heterocycles. The predicted molar refractivity (Wildman–Crippen MR) is 71.2 cm³/mol. The van der Waals surface area contributed by atoms with Crippen molar-refractivity contribution >= 4 is 18.0 Å². The van der Waals surface area contributed by atoms with Crippen molar-refractivity contribution < 1.29 is 24.2 Å². The lowest BCUT2D eigenvalue weighted by atomic mass is 9.84. The summed E-state index contributed by atoms with van der Waals surface area (Å²) in [7, 11) is 2.86. The molecule has 2 N–H and O–H groups in total. The molecule has 1 rings (SSSR count). The van der Waals surface area contributed by atoms with Crippen molar-refractivity contribution in [2.45, 2.75) is 38.1 Å². The van der Waals surface area contributed by atoms with E-state index < -0.39 is 11.9 Å². The lowest BCUT2D eigenvalue weighted by Gasteiger charge is -2.30. The molecular weight excluding hydrogens is 264 g/mol. The van der Waals surface area contributed by atoms with E-state index in [2.05, 4.69) is 10.1 Å². The van der Waals surface area contributed by atoms with Crippen LogP contribution in [0.15, 0.2) is 0 Å². The first-order valence-electron chi connectivity index (χ1n) is 6.77. The third-order valence-corrected chi connectivity index (χ3v) is 3.62. The lowest BCUT2D eigenvalue weighted by molar-refractivity contribution is -0.143. The molecule has 2 atom stereocenters. The SMILES string of the molecule is COC(=O)CCN(C)C(=O)NC1CCCCC1C(=O)O. The number of carboxylic acid groups (broad SMARTS) is 1. The van der Waals surface area contributed by atoms with Crippen LogP contribution in [0.25, 0.3) is 0 Å². The predicted octanol–water partition coefficient (Wildman–Crippen LogP) is 0.834. The number of carboxylic acids is 1. The fourth-order valence-corrected chi connectivity index (χ4v) is 2.33. The maximum Gasteiger partial charge on any atom is 0.317 e. The Labute approximate surface area is 118 Å². The highest BCUT2D eigenvalue weighted by atomic mass is 16.5. The first-order chi connectivity index (χ1) is 9.45. The number of carbonyl (C=O) groups excluding carboxylic acids is 2. The Bertz CT molecular complexity index is 372. The van der Waals surface area contributed by atoms with Crippen molar-refractivity contribution in [2.75, 3.05) is 20.7 Å². The van der Waals surface area contributed by atoms with Crippen LogP contribution >= 0.6 is 0 Å². The highest BCUT2D eigenvalue weighted by Crippen LogP contribution is 2.24. The van der Waals surface area contributed by atoms with Gasteiger partial charge in [-0.2, -0.15) is 0 Å². The fraction of sp³-hybridized carbons (Fsp3) is 0.769. The first-order valence-corrected chi connectivity index (χ1v) is 6.77. The van der Waals surface area contributed by atoms with Crippen LogP contribution in [0, 0.1) is 5.92 Å². The second kappa shape index (κ2) is 7.72. The summed E-state index contributed by atoms with van der Waals surface area (Å²) in [6.07, 6.45) is 3.18. The van der Waals surface area contributed by atoms with Crippen LogP contribution in [-0.4, -0.2) is 54.7 Å². The molecule has 0 spiro atoms. The summed E-state index contributed by atoms with van der Waals surface area (Å²) >= 11 is 0. The highest BCUT2D eigenvalue weighted by molar-refractivity contribution is 5.77. The fourth-order valence-electron chi connectivity index (χ4n) is 2.33. The summed E-state index contributed by atoms with van der Waals surface area (Å²) < 4.78 is 4.50. The number of aliphatic carboxylic acids is 1. The van der Waals surface area contributed by atoms with E-state index in [4.69, 9.17) is 5.11 Å².